The van der Waals surface area contributed by atoms with Gasteiger partial charge in [0.15, 0.2) is 0 Å². The Labute approximate surface area is 141 Å². The topological polar surface area (TPSA) is 71.5 Å². The van der Waals surface area contributed by atoms with Crippen LogP contribution >= 0.6 is 11.3 Å². The third-order valence-electron chi connectivity index (χ3n) is 3.96. The number of para-hydroxylation sites is 1. The summed E-state index contributed by atoms with van der Waals surface area (Å²) in [6, 6.07) is 8.94. The summed E-state index contributed by atoms with van der Waals surface area (Å²) in [4.78, 5) is 31.9. The van der Waals surface area contributed by atoms with Crippen molar-refractivity contribution in [3.05, 3.63) is 47.0 Å². The predicted octanol–water partition coefficient (Wildman–Crippen LogP) is 4.07. The maximum atomic E-state index is 12.8. The first kappa shape index (κ1) is 14.6. The molecular weight excluding hydrogens is 326 g/mol. The zero-order chi connectivity index (χ0) is 16.8. The van der Waals surface area contributed by atoms with E-state index < -0.39 is 5.97 Å². The summed E-state index contributed by atoms with van der Waals surface area (Å²) in [5, 5.41) is 3.63. The summed E-state index contributed by atoms with van der Waals surface area (Å²) in [7, 11) is 1.33. The van der Waals surface area contributed by atoms with E-state index in [1.54, 1.807) is 12.3 Å². The molecule has 1 aromatic carbocycles. The second kappa shape index (κ2) is 5.31. The summed E-state index contributed by atoms with van der Waals surface area (Å²) < 4.78 is 4.91. The number of hydrogen-bond acceptors (Lipinski definition) is 5. The zero-order valence-corrected chi connectivity index (χ0v) is 13.8. The fraction of sp³-hybridized carbons (Fsp3) is 0.118. The highest BCUT2D eigenvalue weighted by atomic mass is 32.1. The first-order valence-electron chi connectivity index (χ1n) is 7.28. The van der Waals surface area contributed by atoms with Crippen LogP contribution in [0.5, 0.6) is 0 Å². The average molecular weight is 339 g/mol. The Hall–Kier alpha value is -2.93. The van der Waals surface area contributed by atoms with Crippen molar-refractivity contribution in [3.8, 4) is 0 Å². The van der Waals surface area contributed by atoms with Gasteiger partial charge >= 0.3 is 12.0 Å². The van der Waals surface area contributed by atoms with Gasteiger partial charge in [0.1, 0.15) is 9.71 Å². The lowest BCUT2D eigenvalue weighted by Crippen LogP contribution is -2.34. The maximum absolute atomic E-state index is 12.8. The Morgan fingerprint density at radius 2 is 2.08 bits per heavy atom. The minimum atomic E-state index is -0.479. The Balaban J connectivity index is 2.07. The van der Waals surface area contributed by atoms with Crippen LogP contribution in [0.4, 0.5) is 21.9 Å². The number of carbonyl (C=O) groups excluding carboxylic acids is 2. The van der Waals surface area contributed by atoms with Gasteiger partial charge in [-0.1, -0.05) is 18.2 Å². The first-order valence-corrected chi connectivity index (χ1v) is 8.10. The number of nitrogens with zero attached hydrogens (tertiary/aromatic N) is 2. The van der Waals surface area contributed by atoms with Crippen LogP contribution in [0.15, 0.2) is 36.5 Å². The van der Waals surface area contributed by atoms with E-state index >= 15 is 0 Å². The number of thiophene rings is 1. The number of anilines is 3. The number of nitrogens with one attached hydrogen (secondary N) is 1. The Morgan fingerprint density at radius 1 is 1.29 bits per heavy atom. The molecule has 24 heavy (non-hydrogen) atoms. The van der Waals surface area contributed by atoms with Crippen LogP contribution in [0.3, 0.4) is 0 Å². The number of aryl methyl sites for hydroxylation is 1. The molecule has 0 fully saturated rings. The van der Waals surface area contributed by atoms with Crippen molar-refractivity contribution in [2.75, 3.05) is 17.3 Å². The number of pyridine rings is 1. The third kappa shape index (κ3) is 1.98. The van der Waals surface area contributed by atoms with Crippen LogP contribution in [0.2, 0.25) is 0 Å². The largest absolute Gasteiger partial charge is 0.465 e. The number of amides is 2. The van der Waals surface area contributed by atoms with Gasteiger partial charge < -0.3 is 10.1 Å². The van der Waals surface area contributed by atoms with E-state index in [0.717, 1.165) is 10.9 Å². The minimum Gasteiger partial charge on any atom is -0.465 e. The Bertz CT molecular complexity index is 996. The van der Waals surface area contributed by atoms with Gasteiger partial charge in [-0.3, -0.25) is 4.90 Å². The quantitative estimate of drug-likeness (QED) is 0.714. The normalized spacial score (nSPS) is 13.1. The van der Waals surface area contributed by atoms with Gasteiger partial charge in [-0.15, -0.1) is 11.3 Å². The summed E-state index contributed by atoms with van der Waals surface area (Å²) >= 11 is 1.22. The molecule has 6 nitrogen and oxygen atoms in total. The van der Waals surface area contributed by atoms with E-state index in [9.17, 15) is 9.59 Å². The molecule has 0 bridgehead atoms. The molecule has 3 aromatic rings. The molecule has 1 aliphatic rings. The number of ether oxygens (including phenoxy) is 1. The molecule has 0 atom stereocenters. The molecule has 0 unspecified atom stereocenters. The molecule has 0 spiro atoms. The lowest BCUT2D eigenvalue weighted by Gasteiger charge is -2.29. The number of benzene rings is 1. The molecule has 1 aliphatic heterocycles. The second-order valence-electron chi connectivity index (χ2n) is 5.36. The molecule has 3 heterocycles. The highest BCUT2D eigenvalue weighted by Gasteiger charge is 2.34. The van der Waals surface area contributed by atoms with Gasteiger partial charge in [0.05, 0.1) is 29.6 Å². The number of carbonyl (C=O) groups is 2. The molecular formula is C17H13N3O3S. The van der Waals surface area contributed by atoms with Crippen molar-refractivity contribution in [2.24, 2.45) is 0 Å². The molecule has 0 saturated carbocycles. The summed E-state index contributed by atoms with van der Waals surface area (Å²) in [6.07, 6.45) is 1.61. The Kier molecular flexibility index (Phi) is 3.24. The molecule has 0 radical (unpaired) electrons. The monoisotopic (exact) mass is 339 g/mol. The number of rotatable bonds is 2. The van der Waals surface area contributed by atoms with E-state index in [0.29, 0.717) is 26.8 Å². The van der Waals surface area contributed by atoms with Crippen LogP contribution in [0, 0.1) is 6.92 Å². The van der Waals surface area contributed by atoms with Crippen molar-refractivity contribution in [1.82, 2.24) is 4.98 Å². The fourth-order valence-corrected chi connectivity index (χ4v) is 3.95. The van der Waals surface area contributed by atoms with Crippen molar-refractivity contribution in [3.63, 3.8) is 0 Å². The highest BCUT2D eigenvalue weighted by Crippen LogP contribution is 2.47. The zero-order valence-electron chi connectivity index (χ0n) is 13.0. The second-order valence-corrected chi connectivity index (χ2v) is 6.36. The van der Waals surface area contributed by atoms with Crippen molar-refractivity contribution in [2.45, 2.75) is 6.92 Å². The standard InChI is InChI=1S/C17H13N3O3S/c1-9-5-3-4-6-11(9)20-13-12-10(19-17(20)22)7-8-18-15(12)24-14(13)16(21)23-2/h3-8H,1-2H3,(H,19,22). The average Bonchev–Trinajstić information content (AvgIpc) is 2.97. The van der Waals surface area contributed by atoms with E-state index in [1.165, 1.54) is 23.3 Å². The van der Waals surface area contributed by atoms with Gasteiger partial charge in [0.2, 0.25) is 0 Å². The van der Waals surface area contributed by atoms with Crippen LogP contribution in [-0.2, 0) is 4.74 Å². The van der Waals surface area contributed by atoms with Crippen molar-refractivity contribution in [1.29, 1.82) is 0 Å². The summed E-state index contributed by atoms with van der Waals surface area (Å²) in [6.45, 7) is 1.92. The van der Waals surface area contributed by atoms with E-state index in [1.807, 2.05) is 31.2 Å². The van der Waals surface area contributed by atoms with Gasteiger partial charge in [-0.05, 0) is 24.6 Å². The highest BCUT2D eigenvalue weighted by molar-refractivity contribution is 7.21. The van der Waals surface area contributed by atoms with E-state index in [-0.39, 0.29) is 6.03 Å². The lowest BCUT2D eigenvalue weighted by molar-refractivity contribution is 0.0607. The maximum Gasteiger partial charge on any atom is 0.350 e. The number of hydrogen-bond donors (Lipinski definition) is 1. The van der Waals surface area contributed by atoms with Gasteiger partial charge in [0, 0.05) is 6.20 Å². The molecule has 1 N–H and O–H groups in total. The predicted molar refractivity (Wildman–Crippen MR) is 93.3 cm³/mol. The molecule has 0 aliphatic carbocycles. The van der Waals surface area contributed by atoms with Crippen LogP contribution in [0.1, 0.15) is 15.2 Å². The number of urea groups is 1. The van der Waals surface area contributed by atoms with Crippen LogP contribution in [0.25, 0.3) is 10.2 Å². The first-order chi connectivity index (χ1) is 11.6. The van der Waals surface area contributed by atoms with Crippen molar-refractivity contribution >= 4 is 50.6 Å². The van der Waals surface area contributed by atoms with Gasteiger partial charge in [-0.25, -0.2) is 14.6 Å². The molecule has 0 saturated heterocycles. The van der Waals surface area contributed by atoms with Gasteiger partial charge in [0.25, 0.3) is 0 Å². The van der Waals surface area contributed by atoms with E-state index in [4.69, 9.17) is 4.74 Å². The molecule has 120 valence electrons. The number of esters is 1. The van der Waals surface area contributed by atoms with E-state index in [2.05, 4.69) is 10.3 Å². The van der Waals surface area contributed by atoms with Gasteiger partial charge in [-0.2, -0.15) is 0 Å². The smallest absolute Gasteiger partial charge is 0.350 e. The third-order valence-corrected chi connectivity index (χ3v) is 5.03. The van der Waals surface area contributed by atoms with Crippen LogP contribution < -0.4 is 10.2 Å². The molecule has 7 heteroatoms. The summed E-state index contributed by atoms with van der Waals surface area (Å²) in [5.41, 5.74) is 2.82. The number of methoxy groups -OCH3 is 1. The number of aromatic nitrogens is 1. The minimum absolute atomic E-state index is 0.312. The molecule has 2 aromatic heterocycles. The molecule has 4 rings (SSSR count). The fourth-order valence-electron chi connectivity index (χ4n) is 2.87. The lowest BCUT2D eigenvalue weighted by atomic mass is 10.1. The SMILES string of the molecule is COC(=O)c1sc2nccc3c2c1N(c1ccccc1C)C(=O)N3. The summed E-state index contributed by atoms with van der Waals surface area (Å²) in [5.74, 6) is -0.479. The molecule has 2 amide bonds. The van der Waals surface area contributed by atoms with Crippen molar-refractivity contribution < 1.29 is 14.3 Å². The Morgan fingerprint density at radius 3 is 2.83 bits per heavy atom. The van der Waals surface area contributed by atoms with Crippen LogP contribution in [-0.4, -0.2) is 24.1 Å².